The first-order valence-electron chi connectivity index (χ1n) is 10.1. The van der Waals surface area contributed by atoms with E-state index in [2.05, 4.69) is 17.2 Å². The van der Waals surface area contributed by atoms with E-state index >= 15 is 0 Å². The highest BCUT2D eigenvalue weighted by Crippen LogP contribution is 2.61. The Labute approximate surface area is 189 Å². The van der Waals surface area contributed by atoms with Crippen molar-refractivity contribution in [2.75, 3.05) is 18.5 Å². The van der Waals surface area contributed by atoms with Crippen molar-refractivity contribution in [2.24, 2.45) is 0 Å². The molecule has 1 unspecified atom stereocenters. The molecule has 0 aliphatic heterocycles. The number of anilines is 1. The molecule has 0 saturated carbocycles. The first-order valence-corrected chi connectivity index (χ1v) is 12.1. The van der Waals surface area contributed by atoms with Crippen molar-refractivity contribution in [3.63, 3.8) is 0 Å². The molecule has 0 spiro atoms. The van der Waals surface area contributed by atoms with Crippen LogP contribution in [0.2, 0.25) is 5.02 Å². The fraction of sp³-hybridized carbons (Fsp3) is 0.200. The first kappa shape index (κ1) is 23.1. The van der Waals surface area contributed by atoms with Crippen molar-refractivity contribution in [1.29, 1.82) is 0 Å². The lowest BCUT2D eigenvalue weighted by atomic mass is 10.1. The summed E-state index contributed by atoms with van der Waals surface area (Å²) in [5.74, 6) is 5.65. The van der Waals surface area contributed by atoms with Gasteiger partial charge in [-0.25, -0.2) is 0 Å². The molecule has 0 saturated heterocycles. The maximum Gasteiger partial charge on any atom is 0.357 e. The van der Waals surface area contributed by atoms with E-state index in [1.54, 1.807) is 26.0 Å². The molecule has 3 aromatic carbocycles. The molecule has 160 valence electrons. The van der Waals surface area contributed by atoms with Crippen LogP contribution in [-0.2, 0) is 13.6 Å². The Morgan fingerprint density at radius 3 is 2.13 bits per heavy atom. The molecule has 0 aliphatic rings. The Kier molecular flexibility index (Phi) is 8.35. The molecule has 0 bridgehead atoms. The van der Waals surface area contributed by atoms with E-state index in [0.717, 1.165) is 22.4 Å². The van der Waals surface area contributed by atoms with Crippen LogP contribution in [0, 0.1) is 11.8 Å². The van der Waals surface area contributed by atoms with Gasteiger partial charge in [0.25, 0.3) is 0 Å². The Balaban J connectivity index is 2.08. The van der Waals surface area contributed by atoms with Crippen molar-refractivity contribution in [1.82, 2.24) is 0 Å². The van der Waals surface area contributed by atoms with Crippen LogP contribution < -0.4 is 5.32 Å². The van der Waals surface area contributed by atoms with E-state index in [-0.39, 0.29) is 13.2 Å². The second-order valence-corrected chi connectivity index (χ2v) is 9.18. The fourth-order valence-electron chi connectivity index (χ4n) is 3.09. The van der Waals surface area contributed by atoms with E-state index in [1.807, 2.05) is 66.7 Å². The molecule has 3 rings (SSSR count). The van der Waals surface area contributed by atoms with Gasteiger partial charge in [0.1, 0.15) is 0 Å². The zero-order valence-electron chi connectivity index (χ0n) is 17.5. The molecule has 0 amide bonds. The third-order valence-corrected chi connectivity index (χ3v) is 6.98. The quantitative estimate of drug-likeness (QED) is 0.291. The standard InChI is InChI=1S/C25H25ClNO3P/c1-3-29-31(28,30-4-2)25(27-23-18-16-22(26)17-19-23)24-13-9-8-12-21(24)15-14-20-10-6-5-7-11-20/h5-13,16-19,25,27H,3-4H2,1-2H3. The molecule has 31 heavy (non-hydrogen) atoms. The van der Waals surface area contributed by atoms with E-state index in [1.165, 1.54) is 0 Å². The lowest BCUT2D eigenvalue weighted by molar-refractivity contribution is 0.214. The smallest absolute Gasteiger partial charge is 0.357 e. The van der Waals surface area contributed by atoms with E-state index in [4.69, 9.17) is 20.6 Å². The number of rotatable bonds is 8. The van der Waals surface area contributed by atoms with Gasteiger partial charge in [0.2, 0.25) is 0 Å². The minimum atomic E-state index is -3.56. The van der Waals surface area contributed by atoms with Crippen LogP contribution in [0.25, 0.3) is 0 Å². The van der Waals surface area contributed by atoms with Crippen molar-refractivity contribution in [3.8, 4) is 11.8 Å². The SMILES string of the molecule is CCOP(=O)(OCC)C(Nc1ccc(Cl)cc1)c1ccccc1C#Cc1ccccc1. The first-order chi connectivity index (χ1) is 15.1. The van der Waals surface area contributed by atoms with Crippen LogP contribution in [0.5, 0.6) is 0 Å². The van der Waals surface area contributed by atoms with Crippen molar-refractivity contribution >= 4 is 24.9 Å². The van der Waals surface area contributed by atoms with Crippen molar-refractivity contribution < 1.29 is 13.6 Å². The van der Waals surface area contributed by atoms with Gasteiger partial charge >= 0.3 is 7.60 Å². The highest BCUT2D eigenvalue weighted by atomic mass is 35.5. The monoisotopic (exact) mass is 453 g/mol. The van der Waals surface area contributed by atoms with Gasteiger partial charge in [-0.1, -0.05) is 59.8 Å². The Bertz CT molecular complexity index is 1080. The molecule has 0 heterocycles. The molecule has 0 fully saturated rings. The molecule has 0 aliphatic carbocycles. The predicted octanol–water partition coefficient (Wildman–Crippen LogP) is 7.12. The van der Waals surface area contributed by atoms with Crippen LogP contribution in [0.1, 0.15) is 36.3 Å². The minimum Gasteiger partial charge on any atom is -0.368 e. The van der Waals surface area contributed by atoms with Gasteiger partial charge in [0.15, 0.2) is 5.78 Å². The van der Waals surface area contributed by atoms with Crippen LogP contribution in [0.3, 0.4) is 0 Å². The van der Waals surface area contributed by atoms with Crippen molar-refractivity contribution in [3.05, 3.63) is 101 Å². The second kappa shape index (κ2) is 11.2. The fourth-order valence-corrected chi connectivity index (χ4v) is 5.18. The maximum absolute atomic E-state index is 13.8. The molecule has 1 N–H and O–H groups in total. The summed E-state index contributed by atoms with van der Waals surface area (Å²) >= 11 is 6.03. The summed E-state index contributed by atoms with van der Waals surface area (Å²) in [7, 11) is -3.56. The Morgan fingerprint density at radius 1 is 0.871 bits per heavy atom. The minimum absolute atomic E-state index is 0.258. The van der Waals surface area contributed by atoms with Crippen molar-refractivity contribution in [2.45, 2.75) is 19.6 Å². The van der Waals surface area contributed by atoms with Gasteiger partial charge < -0.3 is 14.4 Å². The molecule has 4 nitrogen and oxygen atoms in total. The summed E-state index contributed by atoms with van der Waals surface area (Å²) in [6.45, 7) is 4.11. The second-order valence-electron chi connectivity index (χ2n) is 6.63. The number of benzene rings is 3. The van der Waals surface area contributed by atoms with E-state index in [9.17, 15) is 4.57 Å². The van der Waals surface area contributed by atoms with Gasteiger partial charge in [-0.15, -0.1) is 0 Å². The van der Waals surface area contributed by atoms with E-state index in [0.29, 0.717) is 5.02 Å². The van der Waals surface area contributed by atoms with Gasteiger partial charge in [-0.05, 0) is 56.3 Å². The average Bonchev–Trinajstić information content (AvgIpc) is 2.78. The van der Waals surface area contributed by atoms with Gasteiger partial charge in [-0.3, -0.25) is 4.57 Å². The van der Waals surface area contributed by atoms with Gasteiger partial charge in [-0.2, -0.15) is 0 Å². The number of nitrogens with one attached hydrogen (secondary N) is 1. The van der Waals surface area contributed by atoms with E-state index < -0.39 is 13.4 Å². The summed E-state index contributed by atoms with van der Waals surface area (Å²) in [4.78, 5) is 0. The average molecular weight is 454 g/mol. The highest BCUT2D eigenvalue weighted by Gasteiger charge is 2.38. The summed E-state index contributed by atoms with van der Waals surface area (Å²) in [5.41, 5.74) is 3.14. The molecule has 6 heteroatoms. The van der Waals surface area contributed by atoms with Crippen LogP contribution in [0.4, 0.5) is 5.69 Å². The molecule has 1 atom stereocenters. The third kappa shape index (κ3) is 6.23. The van der Waals surface area contributed by atoms with Crippen LogP contribution in [0.15, 0.2) is 78.9 Å². The summed E-state index contributed by atoms with van der Waals surface area (Å²) in [6, 6.07) is 24.5. The number of hydrogen-bond donors (Lipinski definition) is 1. The lowest BCUT2D eigenvalue weighted by Gasteiger charge is -2.29. The summed E-state index contributed by atoms with van der Waals surface area (Å²) in [5, 5.41) is 3.95. The molecule has 3 aromatic rings. The summed E-state index contributed by atoms with van der Waals surface area (Å²) < 4.78 is 25.2. The van der Waals surface area contributed by atoms with Crippen LogP contribution >= 0.6 is 19.2 Å². The zero-order valence-corrected chi connectivity index (χ0v) is 19.2. The number of halogens is 1. The third-order valence-electron chi connectivity index (χ3n) is 4.45. The van der Waals surface area contributed by atoms with Gasteiger partial charge in [0, 0.05) is 27.4 Å². The summed E-state index contributed by atoms with van der Waals surface area (Å²) in [6.07, 6.45) is 0. The Hall–Kier alpha value is -2.54. The molecular weight excluding hydrogens is 429 g/mol. The largest absolute Gasteiger partial charge is 0.368 e. The molecule has 0 aromatic heterocycles. The molecule has 0 radical (unpaired) electrons. The highest BCUT2D eigenvalue weighted by molar-refractivity contribution is 7.54. The topological polar surface area (TPSA) is 47.6 Å². The number of hydrogen-bond acceptors (Lipinski definition) is 4. The lowest BCUT2D eigenvalue weighted by Crippen LogP contribution is -2.16. The molecular formula is C25H25ClNO3P. The maximum atomic E-state index is 13.8. The van der Waals surface area contributed by atoms with Gasteiger partial charge in [0.05, 0.1) is 13.2 Å². The Morgan fingerprint density at radius 2 is 1.48 bits per heavy atom. The normalized spacial score (nSPS) is 12.0. The van der Waals surface area contributed by atoms with Crippen LogP contribution in [-0.4, -0.2) is 13.2 Å². The predicted molar refractivity (Wildman–Crippen MR) is 128 cm³/mol. The zero-order chi connectivity index (χ0) is 22.1.